The number of thiophene rings is 1. The van der Waals surface area contributed by atoms with Gasteiger partial charge in [0.15, 0.2) is 11.5 Å². The van der Waals surface area contributed by atoms with Crippen molar-refractivity contribution in [1.29, 1.82) is 0 Å². The van der Waals surface area contributed by atoms with Crippen LogP contribution in [0.3, 0.4) is 0 Å². The molecule has 0 spiro atoms. The number of ether oxygens (including phenoxy) is 4. The maximum Gasteiger partial charge on any atom is 0.322 e. The zero-order chi connectivity index (χ0) is 26.3. The van der Waals surface area contributed by atoms with Crippen molar-refractivity contribution in [3.05, 3.63) is 70.4 Å². The van der Waals surface area contributed by atoms with Crippen molar-refractivity contribution >= 4 is 29.0 Å². The first-order chi connectivity index (χ1) is 18.6. The van der Waals surface area contributed by atoms with Gasteiger partial charge in [0.2, 0.25) is 12.7 Å². The SMILES string of the molecule is COc1ccccc1NC(=O)N(CC(=O)N(Cc1ccc2c(c1)OCO2)Cc1cccs1)CC1CCCO1. The highest BCUT2D eigenvalue weighted by Gasteiger charge is 2.27. The van der Waals surface area contributed by atoms with E-state index in [1.807, 2.05) is 47.8 Å². The smallest absolute Gasteiger partial charge is 0.322 e. The number of para-hydroxylation sites is 2. The summed E-state index contributed by atoms with van der Waals surface area (Å²) in [5.41, 5.74) is 1.46. The topological polar surface area (TPSA) is 89.6 Å². The third-order valence-electron chi connectivity index (χ3n) is 6.50. The Morgan fingerprint density at radius 1 is 1.05 bits per heavy atom. The van der Waals surface area contributed by atoms with Crippen molar-refractivity contribution in [2.24, 2.45) is 0 Å². The van der Waals surface area contributed by atoms with E-state index in [0.717, 1.165) is 23.3 Å². The first kappa shape index (κ1) is 25.9. The summed E-state index contributed by atoms with van der Waals surface area (Å²) in [5.74, 6) is 1.75. The van der Waals surface area contributed by atoms with Gasteiger partial charge < -0.3 is 34.1 Å². The molecule has 0 saturated carbocycles. The number of anilines is 1. The van der Waals surface area contributed by atoms with E-state index in [0.29, 0.717) is 49.2 Å². The van der Waals surface area contributed by atoms with Gasteiger partial charge in [0, 0.05) is 24.6 Å². The van der Waals surface area contributed by atoms with E-state index in [9.17, 15) is 9.59 Å². The monoisotopic (exact) mass is 537 g/mol. The molecule has 1 N–H and O–H groups in total. The Hall–Kier alpha value is -3.76. The molecule has 1 unspecified atom stereocenters. The minimum Gasteiger partial charge on any atom is -0.495 e. The number of carbonyl (C=O) groups is 2. The predicted molar refractivity (Wildman–Crippen MR) is 144 cm³/mol. The van der Waals surface area contributed by atoms with Crippen LogP contribution in [0.25, 0.3) is 0 Å². The fourth-order valence-electron chi connectivity index (χ4n) is 4.54. The summed E-state index contributed by atoms with van der Waals surface area (Å²) >= 11 is 1.59. The van der Waals surface area contributed by atoms with Crippen molar-refractivity contribution < 1.29 is 28.5 Å². The normalized spacial score (nSPS) is 15.8. The number of methoxy groups -OCH3 is 1. The van der Waals surface area contributed by atoms with Crippen LogP contribution >= 0.6 is 11.3 Å². The molecule has 3 amide bonds. The Balaban J connectivity index is 1.34. The molecule has 3 aromatic rings. The number of hydrogen-bond acceptors (Lipinski definition) is 7. The van der Waals surface area contributed by atoms with Gasteiger partial charge in [0.05, 0.1) is 25.4 Å². The molecule has 1 aromatic heterocycles. The lowest BCUT2D eigenvalue weighted by Crippen LogP contribution is -2.46. The van der Waals surface area contributed by atoms with E-state index in [4.69, 9.17) is 18.9 Å². The summed E-state index contributed by atoms with van der Waals surface area (Å²) < 4.78 is 22.1. The predicted octanol–water partition coefficient (Wildman–Crippen LogP) is 4.73. The van der Waals surface area contributed by atoms with Crippen LogP contribution in [0.4, 0.5) is 10.5 Å². The number of nitrogens with one attached hydrogen (secondary N) is 1. The Morgan fingerprint density at radius 2 is 1.92 bits per heavy atom. The van der Waals surface area contributed by atoms with Crippen molar-refractivity contribution in [3.8, 4) is 17.2 Å². The fourth-order valence-corrected chi connectivity index (χ4v) is 5.26. The molecule has 38 heavy (non-hydrogen) atoms. The van der Waals surface area contributed by atoms with Crippen LogP contribution in [-0.2, 0) is 22.6 Å². The Kier molecular flexibility index (Phi) is 8.30. The summed E-state index contributed by atoms with van der Waals surface area (Å²) in [5, 5.41) is 4.90. The maximum atomic E-state index is 13.8. The molecule has 9 nitrogen and oxygen atoms in total. The van der Waals surface area contributed by atoms with Gasteiger partial charge in [-0.2, -0.15) is 0 Å². The highest BCUT2D eigenvalue weighted by Crippen LogP contribution is 2.33. The van der Waals surface area contributed by atoms with Gasteiger partial charge in [-0.15, -0.1) is 11.3 Å². The van der Waals surface area contributed by atoms with E-state index < -0.39 is 0 Å². The van der Waals surface area contributed by atoms with E-state index in [2.05, 4.69) is 5.32 Å². The van der Waals surface area contributed by atoms with Gasteiger partial charge in [-0.1, -0.05) is 24.3 Å². The number of carbonyl (C=O) groups excluding carboxylic acids is 2. The van der Waals surface area contributed by atoms with Crippen LogP contribution in [0.5, 0.6) is 17.2 Å². The summed E-state index contributed by atoms with van der Waals surface area (Å²) in [4.78, 5) is 31.6. The minimum absolute atomic E-state index is 0.0865. The van der Waals surface area contributed by atoms with Crippen molar-refractivity contribution in [1.82, 2.24) is 9.80 Å². The molecule has 5 rings (SSSR count). The first-order valence-corrected chi connectivity index (χ1v) is 13.5. The number of rotatable bonds is 10. The van der Waals surface area contributed by atoms with E-state index in [1.165, 1.54) is 4.90 Å². The number of fused-ring (bicyclic) bond motifs is 1. The molecule has 2 aliphatic rings. The van der Waals surface area contributed by atoms with Crippen molar-refractivity contribution in [2.45, 2.75) is 32.0 Å². The highest BCUT2D eigenvalue weighted by molar-refractivity contribution is 7.09. The quantitative estimate of drug-likeness (QED) is 0.402. The standard InChI is InChI=1S/C28H31N3O6S/c1-34-24-9-3-2-8-23(24)29-28(33)31(16-21-6-4-12-35-21)18-27(32)30(17-22-7-5-13-38-22)15-20-10-11-25-26(14-20)37-19-36-25/h2-3,5,7-11,13-14,21H,4,6,12,15-19H2,1H3,(H,29,33). The van der Waals surface area contributed by atoms with E-state index in [1.54, 1.807) is 35.5 Å². The summed E-state index contributed by atoms with van der Waals surface area (Å²) in [6.07, 6.45) is 1.68. The molecule has 0 aliphatic carbocycles. The molecule has 0 bridgehead atoms. The number of benzene rings is 2. The number of hydrogen-bond donors (Lipinski definition) is 1. The molecule has 2 aromatic carbocycles. The number of nitrogens with zero attached hydrogens (tertiary/aromatic N) is 2. The molecule has 2 aliphatic heterocycles. The van der Waals surface area contributed by atoms with E-state index in [-0.39, 0.29) is 31.4 Å². The average molecular weight is 538 g/mol. The van der Waals surface area contributed by atoms with Crippen LogP contribution in [0.2, 0.25) is 0 Å². The number of urea groups is 1. The highest BCUT2D eigenvalue weighted by atomic mass is 32.1. The molecular formula is C28H31N3O6S. The summed E-state index contributed by atoms with van der Waals surface area (Å²) in [7, 11) is 1.55. The third kappa shape index (κ3) is 6.38. The lowest BCUT2D eigenvalue weighted by atomic mass is 10.1. The molecular weight excluding hydrogens is 506 g/mol. The molecule has 0 radical (unpaired) electrons. The largest absolute Gasteiger partial charge is 0.495 e. The molecule has 200 valence electrons. The molecule has 1 saturated heterocycles. The molecule has 1 fully saturated rings. The van der Waals surface area contributed by atoms with Crippen molar-refractivity contribution in [3.63, 3.8) is 0 Å². The second kappa shape index (κ2) is 12.2. The lowest BCUT2D eigenvalue weighted by Gasteiger charge is -2.29. The fraction of sp³-hybridized carbons (Fsp3) is 0.357. The second-order valence-corrected chi connectivity index (χ2v) is 10.2. The Bertz CT molecular complexity index is 1250. The third-order valence-corrected chi connectivity index (χ3v) is 7.36. The minimum atomic E-state index is -0.377. The van der Waals surface area contributed by atoms with Gasteiger partial charge in [0.25, 0.3) is 0 Å². The molecule has 1 atom stereocenters. The average Bonchev–Trinajstić information content (AvgIpc) is 3.71. The van der Waals surface area contributed by atoms with Crippen LogP contribution in [-0.4, -0.2) is 61.4 Å². The first-order valence-electron chi connectivity index (χ1n) is 12.6. The summed E-state index contributed by atoms with van der Waals surface area (Å²) in [6, 6.07) is 16.5. The van der Waals surface area contributed by atoms with Crippen LogP contribution < -0.4 is 19.5 Å². The Morgan fingerprint density at radius 3 is 2.71 bits per heavy atom. The van der Waals surface area contributed by atoms with Crippen LogP contribution in [0.1, 0.15) is 23.3 Å². The van der Waals surface area contributed by atoms with Crippen LogP contribution in [0.15, 0.2) is 60.0 Å². The molecule has 10 heteroatoms. The Labute approximate surface area is 225 Å². The van der Waals surface area contributed by atoms with E-state index >= 15 is 0 Å². The van der Waals surface area contributed by atoms with Gasteiger partial charge >= 0.3 is 6.03 Å². The van der Waals surface area contributed by atoms with Crippen molar-refractivity contribution in [2.75, 3.05) is 38.9 Å². The molecule has 3 heterocycles. The van der Waals surface area contributed by atoms with Gasteiger partial charge in [-0.25, -0.2) is 4.79 Å². The number of amides is 3. The van der Waals surface area contributed by atoms with Crippen LogP contribution in [0, 0.1) is 0 Å². The van der Waals surface area contributed by atoms with Gasteiger partial charge in [0.1, 0.15) is 12.3 Å². The summed E-state index contributed by atoms with van der Waals surface area (Å²) in [6.45, 7) is 1.90. The zero-order valence-electron chi connectivity index (χ0n) is 21.3. The second-order valence-electron chi connectivity index (χ2n) is 9.16. The lowest BCUT2D eigenvalue weighted by molar-refractivity contribution is -0.133. The van der Waals surface area contributed by atoms with Gasteiger partial charge in [-0.05, 0) is 54.1 Å². The van der Waals surface area contributed by atoms with Gasteiger partial charge in [-0.3, -0.25) is 4.79 Å². The maximum absolute atomic E-state index is 13.8. The zero-order valence-corrected chi connectivity index (χ0v) is 22.1.